The highest BCUT2D eigenvalue weighted by Crippen LogP contribution is 2.71. The third-order valence-corrected chi connectivity index (χ3v) is 15.4. The van der Waals surface area contributed by atoms with E-state index >= 15 is 0 Å². The Morgan fingerprint density at radius 2 is 2.19 bits per heavy atom. The molecule has 0 aromatic heterocycles. The first-order valence-electron chi connectivity index (χ1n) is 5.96. The largest absolute Gasteiger partial charge is 0.336 e. The molecule has 0 aliphatic carbocycles. The minimum atomic E-state index is 0.0263. The van der Waals surface area contributed by atoms with E-state index in [1.165, 1.54) is 19.3 Å². The molecule has 7 atom stereocenters. The smallest absolute Gasteiger partial charge is 0.223 e. The highest BCUT2D eigenvalue weighted by molar-refractivity contribution is 8.61. The van der Waals surface area contributed by atoms with E-state index in [0.717, 1.165) is 26.5 Å². The second-order valence-electron chi connectivity index (χ2n) is 4.77. The molecule has 1 amide bonds. The van der Waals surface area contributed by atoms with Crippen LogP contribution >= 0.6 is 33.1 Å². The van der Waals surface area contributed by atoms with Crippen molar-refractivity contribution in [3.8, 4) is 0 Å². The topological polar surface area (TPSA) is 20.3 Å². The Labute approximate surface area is 106 Å². The highest BCUT2D eigenvalue weighted by atomic mass is 32.6. The summed E-state index contributed by atoms with van der Waals surface area (Å²) in [5, 5.41) is 0. The van der Waals surface area contributed by atoms with Crippen molar-refractivity contribution < 1.29 is 4.79 Å². The highest BCUT2D eigenvalue weighted by Gasteiger charge is 2.40. The Hall–Kier alpha value is 1.19. The standard InChI is InChI=1S/C10H21NOP4/c1-7-9(16(14)15-13)6-5-8-3-2-4-10(12)11(7)8/h7-9,15H,2-6,13-14H2,1H3/t7-,8?,9-,16?/m0/s1. The molecule has 2 fully saturated rings. The van der Waals surface area contributed by atoms with E-state index in [0.29, 0.717) is 18.0 Å². The van der Waals surface area contributed by atoms with Gasteiger partial charge in [0.15, 0.2) is 0 Å². The zero-order chi connectivity index (χ0) is 11.7. The molecule has 0 N–H and O–H groups in total. The molecule has 2 aliphatic rings. The number of nitrogens with zero attached hydrogens (tertiary/aromatic N) is 1. The van der Waals surface area contributed by atoms with Gasteiger partial charge in [0.25, 0.3) is 0 Å². The molecule has 0 radical (unpaired) electrons. The molecule has 16 heavy (non-hydrogen) atoms. The van der Waals surface area contributed by atoms with Crippen molar-refractivity contribution in [2.24, 2.45) is 0 Å². The lowest BCUT2D eigenvalue weighted by Gasteiger charge is -2.48. The van der Waals surface area contributed by atoms with Crippen LogP contribution in [0.25, 0.3) is 0 Å². The Balaban J connectivity index is 2.11. The third kappa shape index (κ3) is 2.62. The Bertz CT molecular complexity index is 276. The van der Waals surface area contributed by atoms with Crippen molar-refractivity contribution in [1.29, 1.82) is 0 Å². The molecule has 5 unspecified atom stereocenters. The van der Waals surface area contributed by atoms with E-state index in [4.69, 9.17) is 0 Å². The maximum absolute atomic E-state index is 12.0. The summed E-state index contributed by atoms with van der Waals surface area (Å²) in [4.78, 5) is 14.2. The lowest BCUT2D eigenvalue weighted by atomic mass is 9.89. The number of carbonyl (C=O) groups is 1. The second kappa shape index (κ2) is 5.89. The van der Waals surface area contributed by atoms with Crippen LogP contribution in [0.15, 0.2) is 0 Å². The summed E-state index contributed by atoms with van der Waals surface area (Å²) >= 11 is 0. The summed E-state index contributed by atoms with van der Waals surface area (Å²) < 4.78 is 0. The SMILES string of the molecule is C[C@H]1[C@@H](P(P)PP)CCC2CCCC(=O)N21. The molecule has 2 aliphatic heterocycles. The molecule has 0 bridgehead atoms. The molecule has 2 rings (SSSR count). The molecular weight excluding hydrogens is 274 g/mol. The van der Waals surface area contributed by atoms with Crippen LogP contribution < -0.4 is 0 Å². The number of hydrogen-bond acceptors (Lipinski definition) is 1. The maximum atomic E-state index is 12.0. The van der Waals surface area contributed by atoms with Gasteiger partial charge in [-0.3, -0.25) is 4.79 Å². The zero-order valence-electron chi connectivity index (χ0n) is 9.72. The van der Waals surface area contributed by atoms with Gasteiger partial charge in [-0.1, -0.05) is 15.3 Å². The van der Waals surface area contributed by atoms with Crippen molar-refractivity contribution in [2.45, 2.75) is 56.8 Å². The van der Waals surface area contributed by atoms with Gasteiger partial charge in [-0.05, 0) is 32.6 Å². The van der Waals surface area contributed by atoms with Gasteiger partial charge >= 0.3 is 0 Å². The molecule has 6 heteroatoms. The molecule has 2 saturated heterocycles. The predicted octanol–water partition coefficient (Wildman–Crippen LogP) is 3.57. The van der Waals surface area contributed by atoms with Crippen molar-refractivity contribution in [3.05, 3.63) is 0 Å². The van der Waals surface area contributed by atoms with Gasteiger partial charge in [-0.2, -0.15) is 0 Å². The number of rotatable bonds is 2. The van der Waals surface area contributed by atoms with E-state index in [1.807, 2.05) is 0 Å². The van der Waals surface area contributed by atoms with E-state index in [9.17, 15) is 4.79 Å². The number of hydrogen-bond donors (Lipinski definition) is 0. The van der Waals surface area contributed by atoms with Crippen LogP contribution in [0, 0.1) is 0 Å². The van der Waals surface area contributed by atoms with Gasteiger partial charge in [-0.15, -0.1) is 17.9 Å². The molecule has 0 saturated carbocycles. The van der Waals surface area contributed by atoms with Gasteiger partial charge in [0.05, 0.1) is 0 Å². The fourth-order valence-corrected chi connectivity index (χ4v) is 8.81. The van der Waals surface area contributed by atoms with Crippen LogP contribution in [0.5, 0.6) is 0 Å². The van der Waals surface area contributed by atoms with E-state index in [1.54, 1.807) is 0 Å². The summed E-state index contributed by atoms with van der Waals surface area (Å²) in [5.41, 5.74) is 0.745. The summed E-state index contributed by atoms with van der Waals surface area (Å²) in [7, 11) is 6.90. The van der Waals surface area contributed by atoms with Gasteiger partial charge in [0.2, 0.25) is 5.91 Å². The van der Waals surface area contributed by atoms with Crippen molar-refractivity contribution in [1.82, 2.24) is 4.90 Å². The fraction of sp³-hybridized carbons (Fsp3) is 0.900. The van der Waals surface area contributed by atoms with Crippen molar-refractivity contribution in [3.63, 3.8) is 0 Å². The van der Waals surface area contributed by atoms with E-state index in [2.05, 4.69) is 29.7 Å². The zero-order valence-corrected chi connectivity index (χ0v) is 13.9. The molecule has 0 spiro atoms. The quantitative estimate of drug-likeness (QED) is 0.713. The van der Waals surface area contributed by atoms with Crippen molar-refractivity contribution in [2.75, 3.05) is 0 Å². The lowest BCUT2D eigenvalue weighted by Crippen LogP contribution is -2.55. The van der Waals surface area contributed by atoms with E-state index < -0.39 is 0 Å². The Kier molecular flexibility index (Phi) is 5.01. The van der Waals surface area contributed by atoms with Gasteiger partial charge < -0.3 is 4.90 Å². The monoisotopic (exact) mass is 295 g/mol. The summed E-state index contributed by atoms with van der Waals surface area (Å²) in [5.74, 6) is 0.411. The molecule has 2 heterocycles. The number of piperidine rings is 2. The summed E-state index contributed by atoms with van der Waals surface area (Å²) in [6.07, 6.45) is 5.69. The summed E-state index contributed by atoms with van der Waals surface area (Å²) in [6, 6.07) is 1.04. The first kappa shape index (κ1) is 13.6. The lowest BCUT2D eigenvalue weighted by molar-refractivity contribution is -0.140. The summed E-state index contributed by atoms with van der Waals surface area (Å²) in [6.45, 7) is 2.27. The molecule has 2 nitrogen and oxygen atoms in total. The van der Waals surface area contributed by atoms with Gasteiger partial charge in [0.1, 0.15) is 0 Å². The van der Waals surface area contributed by atoms with Crippen LogP contribution in [-0.2, 0) is 4.79 Å². The normalized spacial score (nSPS) is 37.8. The average Bonchev–Trinajstić information content (AvgIpc) is 2.28. The Morgan fingerprint density at radius 1 is 1.44 bits per heavy atom. The van der Waals surface area contributed by atoms with Crippen LogP contribution in [-0.4, -0.2) is 28.5 Å². The number of fused-ring (bicyclic) bond motifs is 1. The third-order valence-electron chi connectivity index (χ3n) is 3.91. The van der Waals surface area contributed by atoms with Crippen LogP contribution in [0.3, 0.4) is 0 Å². The maximum Gasteiger partial charge on any atom is 0.223 e. The van der Waals surface area contributed by atoms with Crippen LogP contribution in [0.1, 0.15) is 39.0 Å². The first-order valence-corrected chi connectivity index (χ1v) is 12.6. The van der Waals surface area contributed by atoms with Crippen LogP contribution in [0.4, 0.5) is 0 Å². The number of amides is 1. The van der Waals surface area contributed by atoms with Crippen molar-refractivity contribution >= 4 is 39.0 Å². The molecule has 0 aromatic carbocycles. The molecule has 0 aromatic rings. The minimum absolute atomic E-state index is 0.0263. The number of carbonyl (C=O) groups excluding carboxylic acids is 1. The fourth-order valence-electron chi connectivity index (χ4n) is 3.06. The average molecular weight is 295 g/mol. The Morgan fingerprint density at radius 3 is 2.88 bits per heavy atom. The second-order valence-corrected chi connectivity index (χ2v) is 14.4. The van der Waals surface area contributed by atoms with E-state index in [-0.39, 0.29) is 7.30 Å². The molecule has 92 valence electrons. The molecular formula is C10H21NOP4. The van der Waals surface area contributed by atoms with Gasteiger partial charge in [0, 0.05) is 24.2 Å². The van der Waals surface area contributed by atoms with Gasteiger partial charge in [-0.25, -0.2) is 0 Å². The predicted molar refractivity (Wildman–Crippen MR) is 81.6 cm³/mol. The minimum Gasteiger partial charge on any atom is -0.336 e. The van der Waals surface area contributed by atoms with Crippen LogP contribution in [0.2, 0.25) is 0 Å². The first-order chi connectivity index (χ1) is 7.65.